The maximum absolute atomic E-state index is 8.74. The highest BCUT2D eigenvalue weighted by Crippen LogP contribution is 2.22. The lowest BCUT2D eigenvalue weighted by molar-refractivity contribution is 0.0895. The van der Waals surface area contributed by atoms with Gasteiger partial charge in [-0.25, -0.2) is 4.98 Å². The number of aryl methyl sites for hydroxylation is 1. The van der Waals surface area contributed by atoms with Crippen LogP contribution in [0.15, 0.2) is 23.1 Å². The van der Waals surface area contributed by atoms with Crippen LogP contribution in [0.5, 0.6) is 0 Å². The third kappa shape index (κ3) is 2.00. The molecule has 0 spiro atoms. The number of nitriles is 1. The molecule has 0 unspecified atom stereocenters. The number of likely N-dealkylation sites (tertiary alicyclic amines) is 1. The first kappa shape index (κ1) is 11.0. The Hall–Kier alpha value is -2.13. The molecule has 6 heteroatoms. The van der Waals surface area contributed by atoms with E-state index in [2.05, 4.69) is 21.1 Å². The standard InChI is InChI=1S/C12H13N5O/c1-9-15-11(8-18-9)5-16-6-12(7-16)17-4-10(2-13)3-14-17/h3-4,8,12H,5-7H2,1H3. The smallest absolute Gasteiger partial charge is 0.191 e. The summed E-state index contributed by atoms with van der Waals surface area (Å²) in [4.78, 5) is 6.55. The van der Waals surface area contributed by atoms with Crippen LogP contribution in [0.4, 0.5) is 0 Å². The van der Waals surface area contributed by atoms with Gasteiger partial charge in [-0.2, -0.15) is 10.4 Å². The van der Waals surface area contributed by atoms with E-state index in [4.69, 9.17) is 9.68 Å². The zero-order valence-electron chi connectivity index (χ0n) is 10.1. The van der Waals surface area contributed by atoms with Crippen molar-refractivity contribution in [3.8, 4) is 6.07 Å². The Labute approximate surface area is 104 Å². The fourth-order valence-electron chi connectivity index (χ4n) is 2.14. The summed E-state index contributed by atoms with van der Waals surface area (Å²) in [7, 11) is 0. The van der Waals surface area contributed by atoms with Gasteiger partial charge >= 0.3 is 0 Å². The predicted octanol–water partition coefficient (Wildman–Crippen LogP) is 1.11. The number of hydrogen-bond donors (Lipinski definition) is 0. The van der Waals surface area contributed by atoms with Gasteiger partial charge in [0.1, 0.15) is 12.3 Å². The Morgan fingerprint density at radius 1 is 1.56 bits per heavy atom. The fourth-order valence-corrected chi connectivity index (χ4v) is 2.14. The summed E-state index contributed by atoms with van der Waals surface area (Å²) in [6.45, 7) is 4.51. The lowest BCUT2D eigenvalue weighted by Gasteiger charge is -2.38. The van der Waals surface area contributed by atoms with E-state index in [0.717, 1.165) is 25.3 Å². The summed E-state index contributed by atoms with van der Waals surface area (Å²) >= 11 is 0. The van der Waals surface area contributed by atoms with Gasteiger partial charge in [0.2, 0.25) is 0 Å². The molecule has 2 aromatic rings. The van der Waals surface area contributed by atoms with Gasteiger partial charge in [0.05, 0.1) is 23.5 Å². The number of oxazole rings is 1. The van der Waals surface area contributed by atoms with Crippen LogP contribution in [-0.4, -0.2) is 32.8 Å². The lowest BCUT2D eigenvalue weighted by atomic mass is 10.1. The number of nitrogens with zero attached hydrogens (tertiary/aromatic N) is 5. The van der Waals surface area contributed by atoms with E-state index in [9.17, 15) is 0 Å². The molecule has 3 heterocycles. The van der Waals surface area contributed by atoms with Crippen molar-refractivity contribution in [2.45, 2.75) is 19.5 Å². The first-order valence-electron chi connectivity index (χ1n) is 5.82. The van der Waals surface area contributed by atoms with Gasteiger partial charge in [-0.05, 0) is 0 Å². The van der Waals surface area contributed by atoms with Gasteiger partial charge in [-0.3, -0.25) is 9.58 Å². The summed E-state index contributed by atoms with van der Waals surface area (Å²) < 4.78 is 7.04. The summed E-state index contributed by atoms with van der Waals surface area (Å²) in [5.74, 6) is 0.702. The molecule has 0 bridgehead atoms. The molecule has 18 heavy (non-hydrogen) atoms. The Morgan fingerprint density at radius 2 is 2.39 bits per heavy atom. The molecule has 0 N–H and O–H groups in total. The third-order valence-electron chi connectivity index (χ3n) is 3.09. The van der Waals surface area contributed by atoms with Gasteiger partial charge in [-0.15, -0.1) is 0 Å². The van der Waals surface area contributed by atoms with Crippen LogP contribution in [0, 0.1) is 18.3 Å². The topological polar surface area (TPSA) is 70.9 Å². The molecule has 1 saturated heterocycles. The molecular weight excluding hydrogens is 230 g/mol. The van der Waals surface area contributed by atoms with Gasteiger partial charge < -0.3 is 4.42 Å². The molecule has 92 valence electrons. The predicted molar refractivity (Wildman–Crippen MR) is 62.5 cm³/mol. The average Bonchev–Trinajstić information content (AvgIpc) is 2.91. The van der Waals surface area contributed by atoms with Gasteiger partial charge in [0, 0.05) is 32.8 Å². The van der Waals surface area contributed by atoms with Crippen LogP contribution in [0.25, 0.3) is 0 Å². The largest absolute Gasteiger partial charge is 0.449 e. The van der Waals surface area contributed by atoms with Crippen molar-refractivity contribution < 1.29 is 4.42 Å². The molecule has 0 amide bonds. The molecule has 0 atom stereocenters. The zero-order chi connectivity index (χ0) is 12.5. The quantitative estimate of drug-likeness (QED) is 0.807. The van der Waals surface area contributed by atoms with Gasteiger partial charge in [0.25, 0.3) is 0 Å². The number of aromatic nitrogens is 3. The minimum atomic E-state index is 0.361. The number of hydrogen-bond acceptors (Lipinski definition) is 5. The number of rotatable bonds is 3. The minimum Gasteiger partial charge on any atom is -0.449 e. The van der Waals surface area contributed by atoms with Crippen LogP contribution in [0.1, 0.15) is 23.2 Å². The van der Waals surface area contributed by atoms with Crippen molar-refractivity contribution >= 4 is 0 Å². The fraction of sp³-hybridized carbons (Fsp3) is 0.417. The zero-order valence-corrected chi connectivity index (χ0v) is 10.1. The van der Waals surface area contributed by atoms with Crippen LogP contribution in [0.3, 0.4) is 0 Å². The SMILES string of the molecule is Cc1nc(CN2CC(n3cc(C#N)cn3)C2)co1. The van der Waals surface area contributed by atoms with E-state index >= 15 is 0 Å². The first-order valence-corrected chi connectivity index (χ1v) is 5.82. The second kappa shape index (κ2) is 4.27. The highest BCUT2D eigenvalue weighted by molar-refractivity contribution is 5.22. The van der Waals surface area contributed by atoms with Crippen molar-refractivity contribution in [2.75, 3.05) is 13.1 Å². The molecule has 1 aliphatic heterocycles. The second-order valence-corrected chi connectivity index (χ2v) is 4.53. The van der Waals surface area contributed by atoms with E-state index in [-0.39, 0.29) is 0 Å². The molecule has 2 aromatic heterocycles. The van der Waals surface area contributed by atoms with E-state index in [1.165, 1.54) is 0 Å². The molecule has 1 aliphatic rings. The van der Waals surface area contributed by atoms with E-state index in [1.54, 1.807) is 18.7 Å². The first-order chi connectivity index (χ1) is 8.74. The van der Waals surface area contributed by atoms with E-state index in [0.29, 0.717) is 17.5 Å². The van der Waals surface area contributed by atoms with Crippen LogP contribution < -0.4 is 0 Å². The molecule has 1 fully saturated rings. The van der Waals surface area contributed by atoms with Crippen LogP contribution in [-0.2, 0) is 6.54 Å². The molecule has 6 nitrogen and oxygen atoms in total. The van der Waals surface area contributed by atoms with E-state index < -0.39 is 0 Å². The van der Waals surface area contributed by atoms with Crippen molar-refractivity contribution in [2.24, 2.45) is 0 Å². The van der Waals surface area contributed by atoms with Gasteiger partial charge in [-0.1, -0.05) is 0 Å². The summed E-state index contributed by atoms with van der Waals surface area (Å²) in [5, 5.41) is 12.9. The minimum absolute atomic E-state index is 0.361. The lowest BCUT2D eigenvalue weighted by Crippen LogP contribution is -2.47. The Bertz CT molecular complexity index is 588. The van der Waals surface area contributed by atoms with Crippen molar-refractivity contribution in [1.29, 1.82) is 5.26 Å². The second-order valence-electron chi connectivity index (χ2n) is 4.53. The summed E-state index contributed by atoms with van der Waals surface area (Å²) in [6, 6.07) is 2.45. The van der Waals surface area contributed by atoms with Crippen molar-refractivity contribution in [3.63, 3.8) is 0 Å². The Balaban J connectivity index is 1.55. The molecule has 0 aromatic carbocycles. The molecule has 0 aliphatic carbocycles. The highest BCUT2D eigenvalue weighted by Gasteiger charge is 2.29. The third-order valence-corrected chi connectivity index (χ3v) is 3.09. The summed E-state index contributed by atoms with van der Waals surface area (Å²) in [5.41, 5.74) is 1.57. The highest BCUT2D eigenvalue weighted by atomic mass is 16.3. The average molecular weight is 243 g/mol. The van der Waals surface area contributed by atoms with E-state index in [1.807, 2.05) is 11.6 Å². The molecular formula is C12H13N5O. The molecule has 0 radical (unpaired) electrons. The monoisotopic (exact) mass is 243 g/mol. The normalized spacial score (nSPS) is 16.4. The Kier molecular flexibility index (Phi) is 2.61. The maximum Gasteiger partial charge on any atom is 0.191 e. The van der Waals surface area contributed by atoms with Crippen molar-refractivity contribution in [1.82, 2.24) is 19.7 Å². The van der Waals surface area contributed by atoms with Gasteiger partial charge in [0.15, 0.2) is 5.89 Å². The summed E-state index contributed by atoms with van der Waals surface area (Å²) in [6.07, 6.45) is 5.09. The van der Waals surface area contributed by atoms with Crippen molar-refractivity contribution in [3.05, 3.63) is 35.8 Å². The Morgan fingerprint density at radius 3 is 3.00 bits per heavy atom. The molecule has 0 saturated carbocycles. The molecule has 3 rings (SSSR count). The maximum atomic E-state index is 8.74. The van der Waals surface area contributed by atoms with Crippen LogP contribution >= 0.6 is 0 Å². The van der Waals surface area contributed by atoms with Crippen LogP contribution in [0.2, 0.25) is 0 Å².